The molecule has 17 heavy (non-hydrogen) atoms. The molecule has 4 nitrogen and oxygen atoms in total. The number of aliphatic hydroxyl groups excluding tert-OH is 1. The van der Waals surface area contributed by atoms with Crippen molar-refractivity contribution in [2.45, 2.75) is 24.8 Å². The lowest BCUT2D eigenvalue weighted by Crippen LogP contribution is -2.36. The monoisotopic (exact) mass is 232 g/mol. The number of fused-ring (bicyclic) bond motifs is 2. The second kappa shape index (κ2) is 3.55. The van der Waals surface area contributed by atoms with Crippen LogP contribution in [0.1, 0.15) is 17.5 Å². The Hall–Kier alpha value is -1.39. The number of benzene rings is 1. The van der Waals surface area contributed by atoms with Crippen LogP contribution < -0.4 is 10.6 Å². The first-order valence-electron chi connectivity index (χ1n) is 5.92. The second-order valence-corrected chi connectivity index (χ2v) is 5.05. The summed E-state index contributed by atoms with van der Waals surface area (Å²) >= 11 is 0. The Morgan fingerprint density at radius 3 is 3.06 bits per heavy atom. The van der Waals surface area contributed by atoms with Crippen LogP contribution in [0.5, 0.6) is 0 Å². The minimum Gasteiger partial charge on any atom is -0.395 e. The van der Waals surface area contributed by atoms with E-state index in [0.717, 1.165) is 16.8 Å². The van der Waals surface area contributed by atoms with E-state index in [4.69, 9.17) is 0 Å². The fourth-order valence-corrected chi connectivity index (χ4v) is 2.92. The van der Waals surface area contributed by atoms with Crippen LogP contribution in [0.25, 0.3) is 0 Å². The lowest BCUT2D eigenvalue weighted by molar-refractivity contribution is -0.120. The SMILES string of the molecule is Cc1ccc2c(c1)[C@]1(CN[C@H](CO)C1)C(=O)N2. The highest BCUT2D eigenvalue weighted by Gasteiger charge is 2.51. The van der Waals surface area contributed by atoms with Gasteiger partial charge in [-0.15, -0.1) is 0 Å². The van der Waals surface area contributed by atoms with Crippen molar-refractivity contribution in [3.8, 4) is 0 Å². The number of hydrogen-bond donors (Lipinski definition) is 3. The average Bonchev–Trinajstić information content (AvgIpc) is 2.86. The van der Waals surface area contributed by atoms with E-state index in [9.17, 15) is 9.90 Å². The number of nitrogens with one attached hydrogen (secondary N) is 2. The minimum atomic E-state index is -0.477. The summed E-state index contributed by atoms with van der Waals surface area (Å²) in [6, 6.07) is 6.06. The Bertz CT molecular complexity index is 486. The lowest BCUT2D eigenvalue weighted by Gasteiger charge is -2.20. The number of hydrogen-bond acceptors (Lipinski definition) is 3. The maximum atomic E-state index is 12.2. The molecule has 3 N–H and O–H groups in total. The molecule has 0 aliphatic carbocycles. The van der Waals surface area contributed by atoms with Gasteiger partial charge in [-0.2, -0.15) is 0 Å². The van der Waals surface area contributed by atoms with E-state index in [1.54, 1.807) is 0 Å². The molecular weight excluding hydrogens is 216 g/mol. The standard InChI is InChI=1S/C13H16N2O2/c1-8-2-3-11-10(4-8)13(12(17)15-11)5-9(6-16)14-7-13/h2-4,9,14,16H,5-7H2,1H3,(H,15,17)/t9-,13-/m0/s1. The zero-order valence-corrected chi connectivity index (χ0v) is 9.79. The van der Waals surface area contributed by atoms with Crippen molar-refractivity contribution in [3.05, 3.63) is 29.3 Å². The number of aryl methyl sites for hydroxylation is 1. The van der Waals surface area contributed by atoms with Crippen LogP contribution >= 0.6 is 0 Å². The predicted octanol–water partition coefficient (Wildman–Crippen LogP) is 0.539. The number of carbonyl (C=O) groups is 1. The number of rotatable bonds is 1. The third kappa shape index (κ3) is 1.41. The first kappa shape index (κ1) is 10.7. The molecule has 0 radical (unpaired) electrons. The van der Waals surface area contributed by atoms with E-state index in [1.807, 2.05) is 19.1 Å². The molecule has 3 rings (SSSR count). The number of anilines is 1. The van der Waals surface area contributed by atoms with Crippen LogP contribution in [0, 0.1) is 6.92 Å². The first-order chi connectivity index (χ1) is 8.15. The van der Waals surface area contributed by atoms with Crippen LogP contribution in [-0.2, 0) is 10.2 Å². The van der Waals surface area contributed by atoms with Crippen molar-refractivity contribution in [2.75, 3.05) is 18.5 Å². The van der Waals surface area contributed by atoms with Gasteiger partial charge in [0.15, 0.2) is 0 Å². The van der Waals surface area contributed by atoms with Crippen LogP contribution in [0.4, 0.5) is 5.69 Å². The molecule has 1 saturated heterocycles. The van der Waals surface area contributed by atoms with Gasteiger partial charge in [0.05, 0.1) is 12.0 Å². The van der Waals surface area contributed by atoms with Gasteiger partial charge in [0.25, 0.3) is 0 Å². The molecule has 4 heteroatoms. The van der Waals surface area contributed by atoms with Crippen molar-refractivity contribution >= 4 is 11.6 Å². The average molecular weight is 232 g/mol. The van der Waals surface area contributed by atoms with Gasteiger partial charge in [-0.1, -0.05) is 17.7 Å². The summed E-state index contributed by atoms with van der Waals surface area (Å²) in [5.74, 6) is 0.0570. The molecule has 1 aromatic rings. The van der Waals surface area contributed by atoms with Crippen molar-refractivity contribution in [1.29, 1.82) is 0 Å². The van der Waals surface area contributed by atoms with Gasteiger partial charge in [-0.05, 0) is 25.0 Å². The van der Waals surface area contributed by atoms with Gasteiger partial charge in [-0.25, -0.2) is 0 Å². The van der Waals surface area contributed by atoms with E-state index in [0.29, 0.717) is 13.0 Å². The molecule has 1 spiro atoms. The van der Waals surface area contributed by atoms with Crippen molar-refractivity contribution in [3.63, 3.8) is 0 Å². The molecule has 0 bridgehead atoms. The quantitative estimate of drug-likeness (QED) is 0.662. The number of aliphatic hydroxyl groups is 1. The Morgan fingerprint density at radius 1 is 1.53 bits per heavy atom. The van der Waals surface area contributed by atoms with Gasteiger partial charge >= 0.3 is 0 Å². The van der Waals surface area contributed by atoms with Crippen LogP contribution in [-0.4, -0.2) is 30.2 Å². The predicted molar refractivity (Wildman–Crippen MR) is 65.0 cm³/mol. The highest BCUT2D eigenvalue weighted by Crippen LogP contribution is 2.43. The molecule has 1 amide bonds. The van der Waals surface area contributed by atoms with Gasteiger partial charge in [0.1, 0.15) is 0 Å². The minimum absolute atomic E-state index is 0.0206. The highest BCUT2D eigenvalue weighted by molar-refractivity contribution is 6.06. The fourth-order valence-electron chi connectivity index (χ4n) is 2.92. The molecule has 0 aromatic heterocycles. The molecule has 1 fully saturated rings. The summed E-state index contributed by atoms with van der Waals surface area (Å²) in [5, 5.41) is 15.4. The van der Waals surface area contributed by atoms with Gasteiger partial charge in [0.2, 0.25) is 5.91 Å². The maximum Gasteiger partial charge on any atom is 0.236 e. The molecular formula is C13H16N2O2. The molecule has 2 aliphatic rings. The maximum absolute atomic E-state index is 12.2. The molecule has 0 unspecified atom stereocenters. The largest absolute Gasteiger partial charge is 0.395 e. The number of carbonyl (C=O) groups excluding carboxylic acids is 1. The zero-order valence-electron chi connectivity index (χ0n) is 9.79. The number of amides is 1. The molecule has 2 heterocycles. The van der Waals surface area contributed by atoms with Crippen LogP contribution in [0.2, 0.25) is 0 Å². The fraction of sp³-hybridized carbons (Fsp3) is 0.462. The molecule has 0 saturated carbocycles. The van der Waals surface area contributed by atoms with Gasteiger partial charge in [0, 0.05) is 18.3 Å². The van der Waals surface area contributed by atoms with E-state index in [1.165, 1.54) is 0 Å². The smallest absolute Gasteiger partial charge is 0.236 e. The molecule has 1 aromatic carbocycles. The summed E-state index contributed by atoms with van der Waals surface area (Å²) in [4.78, 5) is 12.2. The molecule has 2 aliphatic heterocycles. The Kier molecular flexibility index (Phi) is 2.24. The Labute approximate surface area is 100 Å². The normalized spacial score (nSPS) is 30.7. The van der Waals surface area contributed by atoms with E-state index in [-0.39, 0.29) is 18.6 Å². The van der Waals surface area contributed by atoms with Crippen molar-refractivity contribution < 1.29 is 9.90 Å². The van der Waals surface area contributed by atoms with E-state index >= 15 is 0 Å². The van der Waals surface area contributed by atoms with Crippen LogP contribution in [0.15, 0.2) is 18.2 Å². The van der Waals surface area contributed by atoms with Crippen LogP contribution in [0.3, 0.4) is 0 Å². The summed E-state index contributed by atoms with van der Waals surface area (Å²) in [6.07, 6.45) is 0.672. The van der Waals surface area contributed by atoms with E-state index < -0.39 is 5.41 Å². The van der Waals surface area contributed by atoms with Crippen molar-refractivity contribution in [1.82, 2.24) is 5.32 Å². The summed E-state index contributed by atoms with van der Waals surface area (Å²) < 4.78 is 0. The van der Waals surface area contributed by atoms with Crippen molar-refractivity contribution in [2.24, 2.45) is 0 Å². The summed E-state index contributed by atoms with van der Waals surface area (Å²) in [7, 11) is 0. The van der Waals surface area contributed by atoms with Gasteiger partial charge in [-0.3, -0.25) is 4.79 Å². The zero-order chi connectivity index (χ0) is 12.0. The highest BCUT2D eigenvalue weighted by atomic mass is 16.3. The third-order valence-corrected chi connectivity index (χ3v) is 3.88. The second-order valence-electron chi connectivity index (χ2n) is 5.05. The summed E-state index contributed by atoms with van der Waals surface area (Å²) in [5.41, 5.74) is 2.67. The third-order valence-electron chi connectivity index (χ3n) is 3.88. The Balaban J connectivity index is 2.07. The Morgan fingerprint density at radius 2 is 2.35 bits per heavy atom. The molecule has 90 valence electrons. The lowest BCUT2D eigenvalue weighted by atomic mass is 9.79. The van der Waals surface area contributed by atoms with E-state index in [2.05, 4.69) is 16.7 Å². The first-order valence-corrected chi connectivity index (χ1v) is 5.92. The van der Waals surface area contributed by atoms with Gasteiger partial charge < -0.3 is 15.7 Å². The topological polar surface area (TPSA) is 61.4 Å². The summed E-state index contributed by atoms with van der Waals surface area (Å²) in [6.45, 7) is 2.72. The molecule has 2 atom stereocenters.